The van der Waals surface area contributed by atoms with Crippen LogP contribution in [0, 0.1) is 0 Å². The number of halogens is 2. The lowest BCUT2D eigenvalue weighted by Gasteiger charge is -2.36. The molecule has 2 aromatic rings. The first-order chi connectivity index (χ1) is 16.1. The second kappa shape index (κ2) is 10.9. The third-order valence-corrected chi connectivity index (χ3v) is 5.63. The molecule has 0 atom stereocenters. The summed E-state index contributed by atoms with van der Waals surface area (Å²) in [6, 6.07) is 14.5. The van der Waals surface area contributed by atoms with Gasteiger partial charge in [-0.25, -0.2) is 9.79 Å². The van der Waals surface area contributed by atoms with Crippen LogP contribution in [-0.4, -0.2) is 59.1 Å². The Hall–Kier alpha value is -3.03. The molecule has 1 aliphatic heterocycles. The Labute approximate surface area is 210 Å². The van der Waals surface area contributed by atoms with Crippen molar-refractivity contribution in [3.8, 4) is 0 Å². The number of rotatable bonds is 5. The molecular formula is C25H29Cl2N5O2. The maximum Gasteiger partial charge on any atom is 0.410 e. The SMILES string of the molecule is C=C(N=C(/C(=N\N)c1ccc(Cl)cc1)c1ccc(Cl)cc1)N1CCN(C(=O)OC(C)(C)C)CC1. The second-order valence-electron chi connectivity index (χ2n) is 8.82. The average Bonchev–Trinajstić information content (AvgIpc) is 2.79. The molecule has 0 saturated carbocycles. The number of nitrogens with two attached hydrogens (primary N) is 1. The maximum absolute atomic E-state index is 12.4. The van der Waals surface area contributed by atoms with Crippen LogP contribution in [0.3, 0.4) is 0 Å². The van der Waals surface area contributed by atoms with Crippen LogP contribution >= 0.6 is 23.2 Å². The lowest BCUT2D eigenvalue weighted by atomic mass is 9.99. The minimum Gasteiger partial charge on any atom is -0.444 e. The van der Waals surface area contributed by atoms with Crippen molar-refractivity contribution in [1.82, 2.24) is 9.80 Å². The van der Waals surface area contributed by atoms with Crippen LogP contribution in [-0.2, 0) is 4.74 Å². The summed E-state index contributed by atoms with van der Waals surface area (Å²) in [5.41, 5.74) is 2.07. The first kappa shape index (κ1) is 25.6. The second-order valence-corrected chi connectivity index (χ2v) is 9.70. The van der Waals surface area contributed by atoms with Gasteiger partial charge in [0.2, 0.25) is 0 Å². The van der Waals surface area contributed by atoms with Crippen LogP contribution in [0.4, 0.5) is 4.79 Å². The zero-order valence-electron chi connectivity index (χ0n) is 19.6. The summed E-state index contributed by atoms with van der Waals surface area (Å²) < 4.78 is 5.48. The van der Waals surface area contributed by atoms with E-state index in [1.807, 2.05) is 49.9 Å². The van der Waals surface area contributed by atoms with E-state index in [-0.39, 0.29) is 6.09 Å². The van der Waals surface area contributed by atoms with Gasteiger partial charge >= 0.3 is 6.09 Å². The largest absolute Gasteiger partial charge is 0.444 e. The third-order valence-electron chi connectivity index (χ3n) is 5.13. The summed E-state index contributed by atoms with van der Waals surface area (Å²) in [5.74, 6) is 6.36. The Morgan fingerprint density at radius 3 is 1.76 bits per heavy atom. The van der Waals surface area contributed by atoms with Crippen molar-refractivity contribution < 1.29 is 9.53 Å². The molecule has 1 amide bonds. The lowest BCUT2D eigenvalue weighted by Crippen LogP contribution is -2.49. The van der Waals surface area contributed by atoms with Crippen molar-refractivity contribution in [2.45, 2.75) is 26.4 Å². The Bertz CT molecular complexity index is 1080. The zero-order valence-corrected chi connectivity index (χ0v) is 21.1. The molecule has 0 aromatic heterocycles. The smallest absolute Gasteiger partial charge is 0.410 e. The normalized spacial score (nSPS) is 15.3. The Balaban J connectivity index is 1.84. The van der Waals surface area contributed by atoms with E-state index in [9.17, 15) is 4.79 Å². The number of carbonyl (C=O) groups excluding carboxylic acids is 1. The van der Waals surface area contributed by atoms with Gasteiger partial charge < -0.3 is 20.4 Å². The number of hydrazone groups is 1. The molecule has 2 N–H and O–H groups in total. The number of aliphatic imine (C=N–C) groups is 1. The van der Waals surface area contributed by atoms with E-state index < -0.39 is 5.60 Å². The van der Waals surface area contributed by atoms with Crippen molar-refractivity contribution in [2.75, 3.05) is 26.2 Å². The highest BCUT2D eigenvalue weighted by Gasteiger charge is 2.26. The van der Waals surface area contributed by atoms with E-state index >= 15 is 0 Å². The Morgan fingerprint density at radius 2 is 1.32 bits per heavy atom. The highest BCUT2D eigenvalue weighted by atomic mass is 35.5. The van der Waals surface area contributed by atoms with E-state index in [2.05, 4.69) is 11.7 Å². The highest BCUT2D eigenvalue weighted by Crippen LogP contribution is 2.19. The van der Waals surface area contributed by atoms with Crippen LogP contribution in [0.25, 0.3) is 0 Å². The Morgan fingerprint density at radius 1 is 0.882 bits per heavy atom. The van der Waals surface area contributed by atoms with Crippen molar-refractivity contribution >= 4 is 40.7 Å². The number of carbonyl (C=O) groups is 1. The monoisotopic (exact) mass is 501 g/mol. The topological polar surface area (TPSA) is 83.5 Å². The quantitative estimate of drug-likeness (QED) is 0.348. The lowest BCUT2D eigenvalue weighted by molar-refractivity contribution is 0.0168. The molecule has 0 aliphatic carbocycles. The van der Waals surface area contributed by atoms with Crippen LogP contribution in [0.15, 0.2) is 71.0 Å². The van der Waals surface area contributed by atoms with Crippen LogP contribution in [0.1, 0.15) is 31.9 Å². The maximum atomic E-state index is 12.4. The number of ether oxygens (including phenoxy) is 1. The molecule has 34 heavy (non-hydrogen) atoms. The summed E-state index contributed by atoms with van der Waals surface area (Å²) in [4.78, 5) is 20.9. The van der Waals surface area contributed by atoms with Gasteiger partial charge in [-0.15, -0.1) is 0 Å². The first-order valence-electron chi connectivity index (χ1n) is 10.9. The van der Waals surface area contributed by atoms with Gasteiger partial charge in [0.25, 0.3) is 0 Å². The molecule has 1 heterocycles. The predicted octanol–water partition coefficient (Wildman–Crippen LogP) is 5.17. The third kappa shape index (κ3) is 6.74. The number of amides is 1. The van der Waals surface area contributed by atoms with Gasteiger partial charge in [-0.3, -0.25) is 0 Å². The van der Waals surface area contributed by atoms with E-state index in [1.54, 1.807) is 29.2 Å². The van der Waals surface area contributed by atoms with Crippen molar-refractivity contribution in [3.05, 3.63) is 82.1 Å². The standard InChI is InChI=1S/C25H29Cl2N5O2/c1-17(31-13-15-32(16-14-31)24(33)34-25(2,3)4)29-22(18-5-9-20(26)10-6-18)23(30-28)19-7-11-21(27)12-8-19/h5-12H,1,13-16,28H2,2-4H3/b29-22?,30-23-. The molecule has 3 rings (SSSR count). The fourth-order valence-corrected chi connectivity index (χ4v) is 3.67. The molecule has 9 heteroatoms. The number of nitrogens with zero attached hydrogens (tertiary/aromatic N) is 4. The summed E-state index contributed by atoms with van der Waals surface area (Å²) in [5, 5.41) is 5.25. The molecule has 1 aliphatic rings. The van der Waals surface area contributed by atoms with Gasteiger partial charge in [-0.2, -0.15) is 5.10 Å². The highest BCUT2D eigenvalue weighted by molar-refractivity contribution is 6.53. The minimum atomic E-state index is -0.533. The predicted molar refractivity (Wildman–Crippen MR) is 139 cm³/mol. The van der Waals surface area contributed by atoms with Crippen molar-refractivity contribution in [3.63, 3.8) is 0 Å². The summed E-state index contributed by atoms with van der Waals surface area (Å²) in [6.07, 6.45) is -0.316. The van der Waals surface area contributed by atoms with Crippen LogP contribution in [0.5, 0.6) is 0 Å². The molecule has 0 spiro atoms. The zero-order chi connectivity index (χ0) is 24.9. The molecule has 0 radical (unpaired) electrons. The van der Waals surface area contributed by atoms with E-state index in [0.29, 0.717) is 53.5 Å². The summed E-state index contributed by atoms with van der Waals surface area (Å²) >= 11 is 12.1. The fourth-order valence-electron chi connectivity index (χ4n) is 3.42. The molecule has 180 valence electrons. The van der Waals surface area contributed by atoms with Gasteiger partial charge in [0.05, 0.1) is 0 Å². The first-order valence-corrected chi connectivity index (χ1v) is 11.6. The van der Waals surface area contributed by atoms with Gasteiger partial charge in [0, 0.05) is 47.4 Å². The molecule has 1 fully saturated rings. The molecule has 7 nitrogen and oxygen atoms in total. The number of hydrogen-bond donors (Lipinski definition) is 1. The summed E-state index contributed by atoms with van der Waals surface area (Å²) in [7, 11) is 0. The molecule has 0 bridgehead atoms. The van der Waals surface area contributed by atoms with E-state index in [1.165, 1.54) is 0 Å². The molecule has 2 aromatic carbocycles. The van der Waals surface area contributed by atoms with E-state index in [4.69, 9.17) is 38.8 Å². The average molecular weight is 502 g/mol. The van der Waals surface area contributed by atoms with Gasteiger partial charge in [-0.1, -0.05) is 54.0 Å². The number of benzene rings is 2. The van der Waals surface area contributed by atoms with Crippen LogP contribution in [0.2, 0.25) is 10.0 Å². The number of piperazine rings is 1. The van der Waals surface area contributed by atoms with Gasteiger partial charge in [-0.05, 0) is 45.0 Å². The van der Waals surface area contributed by atoms with E-state index in [0.717, 1.165) is 11.1 Å². The Kier molecular flexibility index (Phi) is 8.23. The number of hydrogen-bond acceptors (Lipinski definition) is 6. The van der Waals surface area contributed by atoms with Crippen molar-refractivity contribution in [1.29, 1.82) is 0 Å². The van der Waals surface area contributed by atoms with Gasteiger partial charge in [0.15, 0.2) is 0 Å². The molecule has 1 saturated heterocycles. The summed E-state index contributed by atoms with van der Waals surface area (Å²) in [6.45, 7) is 11.9. The molecule has 0 unspecified atom stereocenters. The fraction of sp³-hybridized carbons (Fsp3) is 0.320. The van der Waals surface area contributed by atoms with Crippen molar-refractivity contribution in [2.24, 2.45) is 15.9 Å². The van der Waals surface area contributed by atoms with Crippen LogP contribution < -0.4 is 5.84 Å². The minimum absolute atomic E-state index is 0.316. The van der Waals surface area contributed by atoms with Gasteiger partial charge in [0.1, 0.15) is 22.8 Å². The molecular weight excluding hydrogens is 473 g/mol.